The molecule has 23 heavy (non-hydrogen) atoms. The fourth-order valence-corrected chi connectivity index (χ4v) is 2.43. The zero-order valence-electron chi connectivity index (χ0n) is 13.5. The molecular weight excluding hydrogens is 296 g/mol. The molecule has 2 rings (SSSR count). The summed E-state index contributed by atoms with van der Waals surface area (Å²) in [4.78, 5) is 14.3. The molecule has 7 nitrogen and oxygen atoms in total. The van der Waals surface area contributed by atoms with Gasteiger partial charge in [0, 0.05) is 25.7 Å². The van der Waals surface area contributed by atoms with E-state index in [1.807, 2.05) is 6.07 Å². The van der Waals surface area contributed by atoms with Crippen LogP contribution < -0.4 is 15.4 Å². The number of benzene rings is 1. The highest BCUT2D eigenvalue weighted by Gasteiger charge is 2.17. The minimum absolute atomic E-state index is 0.233. The van der Waals surface area contributed by atoms with E-state index in [9.17, 15) is 4.79 Å². The van der Waals surface area contributed by atoms with E-state index in [0.29, 0.717) is 23.5 Å². The number of carbonyl (C=O) groups is 1. The lowest BCUT2D eigenvalue weighted by Crippen LogP contribution is -2.47. The van der Waals surface area contributed by atoms with Gasteiger partial charge >= 0.3 is 6.03 Å². The normalized spacial score (nSPS) is 16.2. The predicted octanol–water partition coefficient (Wildman–Crippen LogP) is 1.41. The number of carbonyl (C=O) groups excluding carboxylic acids is 1. The van der Waals surface area contributed by atoms with Crippen LogP contribution in [0.4, 0.5) is 10.5 Å². The maximum atomic E-state index is 12.1. The summed E-state index contributed by atoms with van der Waals surface area (Å²) < 4.78 is 10.5. The quantitative estimate of drug-likeness (QED) is 0.857. The van der Waals surface area contributed by atoms with Gasteiger partial charge in [-0.3, -0.25) is 4.90 Å². The minimum atomic E-state index is -0.321. The molecule has 1 saturated heterocycles. The van der Waals surface area contributed by atoms with Crippen LogP contribution in [0.1, 0.15) is 12.5 Å². The Morgan fingerprint density at radius 1 is 1.48 bits per heavy atom. The Hall–Kier alpha value is -2.30. The van der Waals surface area contributed by atoms with Crippen molar-refractivity contribution in [1.82, 2.24) is 10.2 Å². The summed E-state index contributed by atoms with van der Waals surface area (Å²) in [6, 6.07) is 6.84. The number of hydrogen-bond donors (Lipinski definition) is 2. The van der Waals surface area contributed by atoms with Gasteiger partial charge in [-0.05, 0) is 25.1 Å². The van der Waals surface area contributed by atoms with E-state index >= 15 is 0 Å². The Kier molecular flexibility index (Phi) is 6.20. The number of nitrogens with zero attached hydrogens (tertiary/aromatic N) is 2. The van der Waals surface area contributed by atoms with Gasteiger partial charge in [-0.25, -0.2) is 4.79 Å². The monoisotopic (exact) mass is 318 g/mol. The molecule has 1 aromatic carbocycles. The first kappa shape index (κ1) is 17.1. The van der Waals surface area contributed by atoms with Crippen LogP contribution in [0, 0.1) is 11.3 Å². The average molecular weight is 318 g/mol. The summed E-state index contributed by atoms with van der Waals surface area (Å²) in [5.74, 6) is 0.514. The average Bonchev–Trinajstić information content (AvgIpc) is 2.60. The maximum Gasteiger partial charge on any atom is 0.319 e. The molecule has 1 aliphatic rings. The molecule has 1 fully saturated rings. The number of morpholine rings is 1. The number of urea groups is 1. The molecule has 0 aromatic heterocycles. The summed E-state index contributed by atoms with van der Waals surface area (Å²) in [6.45, 7) is 5.82. The number of anilines is 1. The first-order valence-electron chi connectivity index (χ1n) is 7.59. The van der Waals surface area contributed by atoms with Gasteiger partial charge in [0.2, 0.25) is 0 Å². The largest absolute Gasteiger partial charge is 0.495 e. The van der Waals surface area contributed by atoms with Gasteiger partial charge < -0.3 is 20.1 Å². The number of methoxy groups -OCH3 is 1. The molecule has 0 saturated carbocycles. The van der Waals surface area contributed by atoms with Crippen LogP contribution in [-0.4, -0.2) is 56.9 Å². The van der Waals surface area contributed by atoms with Crippen molar-refractivity contribution in [3.05, 3.63) is 23.8 Å². The second kappa shape index (κ2) is 8.36. The van der Waals surface area contributed by atoms with Crippen LogP contribution >= 0.6 is 0 Å². The molecular formula is C16H22N4O3. The summed E-state index contributed by atoms with van der Waals surface area (Å²) in [5, 5.41) is 14.5. The van der Waals surface area contributed by atoms with Gasteiger partial charge in [0.05, 0.1) is 37.6 Å². The Bertz CT molecular complexity index is 579. The molecule has 1 atom stereocenters. The van der Waals surface area contributed by atoms with Gasteiger partial charge in [-0.2, -0.15) is 5.26 Å². The zero-order valence-corrected chi connectivity index (χ0v) is 13.5. The SMILES string of the molecule is COc1ccc(C#N)cc1NC(=O)NC[C@H](C)N1CCOCC1. The smallest absolute Gasteiger partial charge is 0.319 e. The second-order valence-corrected chi connectivity index (χ2v) is 5.36. The van der Waals surface area contributed by atoms with E-state index in [-0.39, 0.29) is 12.1 Å². The van der Waals surface area contributed by atoms with E-state index in [1.54, 1.807) is 18.2 Å². The van der Waals surface area contributed by atoms with Gasteiger partial charge in [0.15, 0.2) is 0 Å². The molecule has 0 radical (unpaired) electrons. The van der Waals surface area contributed by atoms with Crippen LogP contribution in [-0.2, 0) is 4.74 Å². The Labute approximate surface area is 136 Å². The first-order chi connectivity index (χ1) is 11.1. The third-order valence-electron chi connectivity index (χ3n) is 3.80. The van der Waals surface area contributed by atoms with E-state index in [1.165, 1.54) is 7.11 Å². The number of nitrogens with one attached hydrogen (secondary N) is 2. The van der Waals surface area contributed by atoms with Gasteiger partial charge in [0.25, 0.3) is 0 Å². The molecule has 1 aliphatic heterocycles. The molecule has 1 heterocycles. The van der Waals surface area contributed by atoms with Crippen molar-refractivity contribution in [2.45, 2.75) is 13.0 Å². The molecule has 0 bridgehead atoms. The van der Waals surface area contributed by atoms with Crippen molar-refractivity contribution in [3.63, 3.8) is 0 Å². The van der Waals surface area contributed by atoms with Crippen molar-refractivity contribution in [2.24, 2.45) is 0 Å². The van der Waals surface area contributed by atoms with Crippen molar-refractivity contribution in [1.29, 1.82) is 5.26 Å². The number of ether oxygens (including phenoxy) is 2. The summed E-state index contributed by atoms with van der Waals surface area (Å²) in [6.07, 6.45) is 0. The lowest BCUT2D eigenvalue weighted by atomic mass is 10.2. The molecule has 2 amide bonds. The van der Waals surface area contributed by atoms with Crippen molar-refractivity contribution < 1.29 is 14.3 Å². The van der Waals surface area contributed by atoms with E-state index in [4.69, 9.17) is 14.7 Å². The van der Waals surface area contributed by atoms with E-state index in [2.05, 4.69) is 22.5 Å². The zero-order chi connectivity index (χ0) is 16.7. The molecule has 0 spiro atoms. The van der Waals surface area contributed by atoms with Crippen LogP contribution in [0.3, 0.4) is 0 Å². The lowest BCUT2D eigenvalue weighted by Gasteiger charge is -2.32. The molecule has 7 heteroatoms. The Balaban J connectivity index is 1.88. The topological polar surface area (TPSA) is 86.6 Å². The fraction of sp³-hybridized carbons (Fsp3) is 0.500. The maximum absolute atomic E-state index is 12.1. The number of rotatable bonds is 5. The first-order valence-corrected chi connectivity index (χ1v) is 7.59. The highest BCUT2D eigenvalue weighted by Crippen LogP contribution is 2.25. The lowest BCUT2D eigenvalue weighted by molar-refractivity contribution is 0.0209. The minimum Gasteiger partial charge on any atom is -0.495 e. The number of nitriles is 1. The third kappa shape index (κ3) is 4.84. The summed E-state index contributed by atoms with van der Waals surface area (Å²) in [5.41, 5.74) is 0.936. The Morgan fingerprint density at radius 2 is 2.22 bits per heavy atom. The highest BCUT2D eigenvalue weighted by molar-refractivity contribution is 5.91. The fourth-order valence-electron chi connectivity index (χ4n) is 2.43. The summed E-state index contributed by atoms with van der Waals surface area (Å²) in [7, 11) is 1.52. The van der Waals surface area contributed by atoms with Crippen molar-refractivity contribution in [3.8, 4) is 11.8 Å². The second-order valence-electron chi connectivity index (χ2n) is 5.36. The highest BCUT2D eigenvalue weighted by atomic mass is 16.5. The summed E-state index contributed by atoms with van der Waals surface area (Å²) >= 11 is 0. The van der Waals surface area contributed by atoms with Crippen LogP contribution in [0.5, 0.6) is 5.75 Å². The van der Waals surface area contributed by atoms with Gasteiger partial charge in [-0.1, -0.05) is 0 Å². The van der Waals surface area contributed by atoms with Gasteiger partial charge in [-0.15, -0.1) is 0 Å². The van der Waals surface area contributed by atoms with Crippen molar-refractivity contribution >= 4 is 11.7 Å². The van der Waals surface area contributed by atoms with E-state index in [0.717, 1.165) is 26.3 Å². The third-order valence-corrected chi connectivity index (χ3v) is 3.80. The number of amides is 2. The van der Waals surface area contributed by atoms with E-state index < -0.39 is 0 Å². The molecule has 1 aromatic rings. The van der Waals surface area contributed by atoms with Crippen molar-refractivity contribution in [2.75, 3.05) is 45.3 Å². The van der Waals surface area contributed by atoms with Crippen LogP contribution in [0.25, 0.3) is 0 Å². The van der Waals surface area contributed by atoms with Gasteiger partial charge in [0.1, 0.15) is 5.75 Å². The molecule has 124 valence electrons. The standard InChI is InChI=1S/C16H22N4O3/c1-12(20-5-7-23-8-6-20)11-18-16(21)19-14-9-13(10-17)3-4-15(14)22-2/h3-4,9,12H,5-8,11H2,1-2H3,(H2,18,19,21)/t12-/m0/s1. The molecule has 0 unspecified atom stereocenters. The number of hydrogen-bond acceptors (Lipinski definition) is 5. The van der Waals surface area contributed by atoms with Crippen LogP contribution in [0.15, 0.2) is 18.2 Å². The van der Waals surface area contributed by atoms with Crippen LogP contribution in [0.2, 0.25) is 0 Å². The predicted molar refractivity (Wildman–Crippen MR) is 86.6 cm³/mol. The molecule has 2 N–H and O–H groups in total. The molecule has 0 aliphatic carbocycles. The Morgan fingerprint density at radius 3 is 2.87 bits per heavy atom.